The molecule has 3 unspecified atom stereocenters. The van der Waals surface area contributed by atoms with Crippen LogP contribution in [0.1, 0.15) is 12.8 Å². The summed E-state index contributed by atoms with van der Waals surface area (Å²) in [4.78, 5) is 3.94. The normalized spacial score (nSPS) is 31.5. The molecule has 17 heavy (non-hydrogen) atoms. The molecule has 3 rings (SSSR count). The number of piperidine rings is 1. The fourth-order valence-electron chi connectivity index (χ4n) is 3.04. The Hall–Kier alpha value is -0.670. The molecule has 0 saturated carbocycles. The van der Waals surface area contributed by atoms with Gasteiger partial charge in [0.1, 0.15) is 0 Å². The minimum atomic E-state index is 0.689. The van der Waals surface area contributed by atoms with E-state index in [1.54, 1.807) is 11.8 Å². The molecule has 92 valence electrons. The number of hydrogen-bond donors (Lipinski definition) is 1. The molecule has 0 aliphatic carbocycles. The Morgan fingerprint density at radius 2 is 1.94 bits per heavy atom. The van der Waals surface area contributed by atoms with Crippen molar-refractivity contribution >= 4 is 17.4 Å². The van der Waals surface area contributed by atoms with Crippen molar-refractivity contribution in [3.8, 4) is 0 Å². The maximum Gasteiger partial charge on any atom is 0.0343 e. The molecular formula is C14H20N2S. The van der Waals surface area contributed by atoms with Gasteiger partial charge < -0.3 is 10.2 Å². The highest BCUT2D eigenvalue weighted by molar-refractivity contribution is 7.98. The first-order valence-corrected chi connectivity index (χ1v) is 7.70. The molecule has 0 aromatic heterocycles. The lowest BCUT2D eigenvalue weighted by Gasteiger charge is -2.31. The van der Waals surface area contributed by atoms with Gasteiger partial charge in [-0.2, -0.15) is 0 Å². The fourth-order valence-corrected chi connectivity index (χ4v) is 3.45. The van der Waals surface area contributed by atoms with E-state index in [1.165, 1.54) is 43.1 Å². The molecule has 1 N–H and O–H groups in total. The molecule has 3 heteroatoms. The molecule has 2 fully saturated rings. The van der Waals surface area contributed by atoms with Crippen molar-refractivity contribution in [3.63, 3.8) is 0 Å². The number of hydrogen-bond acceptors (Lipinski definition) is 3. The second kappa shape index (κ2) is 4.91. The molecule has 2 heterocycles. The van der Waals surface area contributed by atoms with Crippen molar-refractivity contribution in [2.75, 3.05) is 31.2 Å². The average Bonchev–Trinajstić information content (AvgIpc) is 2.77. The van der Waals surface area contributed by atoms with Crippen LogP contribution in [0.2, 0.25) is 0 Å². The first-order valence-electron chi connectivity index (χ1n) is 6.48. The number of nitrogens with zero attached hydrogens (tertiary/aromatic N) is 1. The Balaban J connectivity index is 1.65. The van der Waals surface area contributed by atoms with Crippen molar-refractivity contribution in [2.24, 2.45) is 5.92 Å². The zero-order valence-corrected chi connectivity index (χ0v) is 11.2. The van der Waals surface area contributed by atoms with Crippen molar-refractivity contribution in [3.05, 3.63) is 24.3 Å². The largest absolute Gasteiger partial charge is 0.382 e. The van der Waals surface area contributed by atoms with E-state index in [2.05, 4.69) is 40.7 Å². The number of thioether (sulfide) groups is 1. The summed E-state index contributed by atoms with van der Waals surface area (Å²) in [7, 11) is 0. The Morgan fingerprint density at radius 3 is 2.71 bits per heavy atom. The smallest absolute Gasteiger partial charge is 0.0343 e. The lowest BCUT2D eigenvalue weighted by atomic mass is 9.94. The summed E-state index contributed by atoms with van der Waals surface area (Å²) >= 11 is 1.80. The molecule has 3 atom stereocenters. The summed E-state index contributed by atoms with van der Waals surface area (Å²) < 4.78 is 0. The van der Waals surface area contributed by atoms with E-state index in [1.807, 2.05) is 0 Å². The summed E-state index contributed by atoms with van der Waals surface area (Å²) in [6.07, 6.45) is 4.80. The van der Waals surface area contributed by atoms with Gasteiger partial charge in [0.15, 0.2) is 0 Å². The SMILES string of the molecule is CSc1ccc(NC2CCN3CCC2C3)cc1. The van der Waals surface area contributed by atoms with E-state index < -0.39 is 0 Å². The van der Waals surface area contributed by atoms with E-state index in [0.717, 1.165) is 5.92 Å². The van der Waals surface area contributed by atoms with Crippen molar-refractivity contribution in [1.82, 2.24) is 4.90 Å². The topological polar surface area (TPSA) is 15.3 Å². The minimum absolute atomic E-state index is 0.689. The van der Waals surface area contributed by atoms with Crippen LogP contribution in [0, 0.1) is 5.92 Å². The maximum atomic E-state index is 3.72. The number of nitrogens with one attached hydrogen (secondary N) is 1. The summed E-state index contributed by atoms with van der Waals surface area (Å²) in [6.45, 7) is 3.89. The lowest BCUT2D eigenvalue weighted by Crippen LogP contribution is -2.39. The number of fused-ring (bicyclic) bond motifs is 2. The Morgan fingerprint density at radius 1 is 1.18 bits per heavy atom. The van der Waals surface area contributed by atoms with Gasteiger partial charge in [0, 0.05) is 29.7 Å². The van der Waals surface area contributed by atoms with Crippen molar-refractivity contribution in [1.29, 1.82) is 0 Å². The van der Waals surface area contributed by atoms with Crippen LogP contribution in [0.25, 0.3) is 0 Å². The average molecular weight is 248 g/mol. The summed E-state index contributed by atoms with van der Waals surface area (Å²) in [5.74, 6) is 0.865. The van der Waals surface area contributed by atoms with Gasteiger partial charge in [0.25, 0.3) is 0 Å². The molecule has 2 bridgehead atoms. The second-order valence-corrected chi connectivity index (χ2v) is 6.00. The third-order valence-electron chi connectivity index (χ3n) is 4.08. The van der Waals surface area contributed by atoms with Crippen LogP contribution in [0.5, 0.6) is 0 Å². The van der Waals surface area contributed by atoms with Gasteiger partial charge in [-0.3, -0.25) is 0 Å². The van der Waals surface area contributed by atoms with Crippen LogP contribution < -0.4 is 5.32 Å². The van der Waals surface area contributed by atoms with E-state index in [-0.39, 0.29) is 0 Å². The van der Waals surface area contributed by atoms with Gasteiger partial charge >= 0.3 is 0 Å². The monoisotopic (exact) mass is 248 g/mol. The number of rotatable bonds is 3. The zero-order valence-electron chi connectivity index (χ0n) is 10.4. The van der Waals surface area contributed by atoms with Crippen LogP contribution in [-0.2, 0) is 0 Å². The predicted octanol–water partition coefficient (Wildman–Crippen LogP) is 2.91. The lowest BCUT2D eigenvalue weighted by molar-refractivity contribution is 0.255. The third-order valence-corrected chi connectivity index (χ3v) is 4.82. The van der Waals surface area contributed by atoms with Gasteiger partial charge in [-0.15, -0.1) is 11.8 Å². The van der Waals surface area contributed by atoms with E-state index in [0.29, 0.717) is 6.04 Å². The van der Waals surface area contributed by atoms with Crippen LogP contribution in [0.4, 0.5) is 5.69 Å². The molecule has 2 saturated heterocycles. The highest BCUT2D eigenvalue weighted by Gasteiger charge is 2.33. The fraction of sp³-hybridized carbons (Fsp3) is 0.571. The quantitative estimate of drug-likeness (QED) is 0.828. The Labute approximate surface area is 108 Å². The van der Waals surface area contributed by atoms with Gasteiger partial charge in [-0.1, -0.05) is 0 Å². The highest BCUT2D eigenvalue weighted by Crippen LogP contribution is 2.29. The summed E-state index contributed by atoms with van der Waals surface area (Å²) in [5.41, 5.74) is 1.29. The van der Waals surface area contributed by atoms with Gasteiger partial charge in [0.2, 0.25) is 0 Å². The minimum Gasteiger partial charge on any atom is -0.382 e. The van der Waals surface area contributed by atoms with Crippen LogP contribution in [0.3, 0.4) is 0 Å². The molecular weight excluding hydrogens is 228 g/mol. The summed E-state index contributed by atoms with van der Waals surface area (Å²) in [6, 6.07) is 9.53. The molecule has 0 radical (unpaired) electrons. The predicted molar refractivity (Wildman–Crippen MR) is 74.8 cm³/mol. The van der Waals surface area contributed by atoms with Gasteiger partial charge in [-0.05, 0) is 55.8 Å². The zero-order chi connectivity index (χ0) is 11.7. The molecule has 0 spiro atoms. The molecule has 1 aromatic rings. The molecule has 2 aliphatic heterocycles. The maximum absolute atomic E-state index is 3.72. The van der Waals surface area contributed by atoms with Crippen molar-refractivity contribution in [2.45, 2.75) is 23.8 Å². The first-order chi connectivity index (χ1) is 8.35. The van der Waals surface area contributed by atoms with E-state index in [4.69, 9.17) is 0 Å². The standard InChI is InChI=1S/C14H20N2S/c1-17-13-4-2-12(3-5-13)15-14-7-9-16-8-6-11(14)10-16/h2-5,11,14-15H,6-10H2,1H3. The Bertz CT molecular complexity index is 376. The first kappa shape index (κ1) is 11.4. The number of benzene rings is 1. The van der Waals surface area contributed by atoms with Crippen LogP contribution in [0.15, 0.2) is 29.2 Å². The molecule has 1 aromatic carbocycles. The third kappa shape index (κ3) is 2.45. The highest BCUT2D eigenvalue weighted by atomic mass is 32.2. The van der Waals surface area contributed by atoms with E-state index >= 15 is 0 Å². The molecule has 2 nitrogen and oxygen atoms in total. The second-order valence-electron chi connectivity index (χ2n) is 5.12. The molecule has 0 amide bonds. The van der Waals surface area contributed by atoms with Gasteiger partial charge in [-0.25, -0.2) is 0 Å². The van der Waals surface area contributed by atoms with E-state index in [9.17, 15) is 0 Å². The van der Waals surface area contributed by atoms with Crippen LogP contribution >= 0.6 is 11.8 Å². The Kier molecular flexibility index (Phi) is 3.30. The van der Waals surface area contributed by atoms with Gasteiger partial charge in [0.05, 0.1) is 0 Å². The summed E-state index contributed by atoms with van der Waals surface area (Å²) in [5, 5.41) is 3.72. The van der Waals surface area contributed by atoms with Crippen molar-refractivity contribution < 1.29 is 0 Å². The molecule has 2 aliphatic rings. The van der Waals surface area contributed by atoms with Crippen LogP contribution in [-0.4, -0.2) is 36.8 Å². The number of anilines is 1.